The Kier molecular flexibility index (Phi) is 8.49. The highest BCUT2D eigenvalue weighted by Crippen LogP contribution is 2.20. The zero-order chi connectivity index (χ0) is 21.4. The molecule has 2 aromatic carbocycles. The second-order valence-corrected chi connectivity index (χ2v) is 7.35. The Hall–Kier alpha value is -2.57. The summed E-state index contributed by atoms with van der Waals surface area (Å²) in [5, 5.41) is 5.56. The molecule has 0 atom stereocenters. The van der Waals surface area contributed by atoms with Gasteiger partial charge in [0.2, 0.25) is 11.8 Å². The lowest BCUT2D eigenvalue weighted by Gasteiger charge is -2.18. The van der Waals surface area contributed by atoms with Gasteiger partial charge >= 0.3 is 0 Å². The van der Waals surface area contributed by atoms with Crippen LogP contribution >= 0.6 is 23.2 Å². The van der Waals surface area contributed by atoms with Gasteiger partial charge in [-0.2, -0.15) is 0 Å². The van der Waals surface area contributed by atoms with Crippen LogP contribution in [0.15, 0.2) is 42.5 Å². The smallest absolute Gasteiger partial charge is 0.253 e. The molecule has 0 saturated heterocycles. The molecule has 0 aliphatic rings. The zero-order valence-electron chi connectivity index (χ0n) is 16.3. The maximum Gasteiger partial charge on any atom is 0.253 e. The van der Waals surface area contributed by atoms with Crippen LogP contribution in [-0.2, 0) is 22.6 Å². The van der Waals surface area contributed by atoms with Crippen molar-refractivity contribution in [1.29, 1.82) is 0 Å². The number of carbonyl (C=O) groups is 3. The molecule has 29 heavy (non-hydrogen) atoms. The Bertz CT molecular complexity index is 885. The van der Waals surface area contributed by atoms with E-state index in [0.717, 1.165) is 12.0 Å². The fourth-order valence-electron chi connectivity index (χ4n) is 2.54. The van der Waals surface area contributed by atoms with Crippen LogP contribution < -0.4 is 10.6 Å². The van der Waals surface area contributed by atoms with Gasteiger partial charge in [-0.15, -0.1) is 0 Å². The molecule has 0 saturated carbocycles. The van der Waals surface area contributed by atoms with Gasteiger partial charge in [-0.25, -0.2) is 0 Å². The summed E-state index contributed by atoms with van der Waals surface area (Å²) < 4.78 is 0. The van der Waals surface area contributed by atoms with E-state index in [1.54, 1.807) is 7.05 Å². The van der Waals surface area contributed by atoms with E-state index in [4.69, 9.17) is 23.2 Å². The van der Waals surface area contributed by atoms with Gasteiger partial charge in [-0.3, -0.25) is 14.4 Å². The van der Waals surface area contributed by atoms with Crippen LogP contribution in [0.1, 0.15) is 28.4 Å². The highest BCUT2D eigenvalue weighted by atomic mass is 35.5. The molecule has 3 amide bonds. The summed E-state index contributed by atoms with van der Waals surface area (Å²) in [6, 6.07) is 12.5. The third-order valence-electron chi connectivity index (χ3n) is 4.30. The summed E-state index contributed by atoms with van der Waals surface area (Å²) in [4.78, 5) is 37.7. The summed E-state index contributed by atoms with van der Waals surface area (Å²) in [6.07, 6.45) is 0.960. The molecule has 0 heterocycles. The number of nitrogens with one attached hydrogen (secondary N) is 2. The van der Waals surface area contributed by atoms with E-state index in [1.165, 1.54) is 28.7 Å². The molecule has 0 radical (unpaired) electrons. The predicted molar refractivity (Wildman–Crippen MR) is 114 cm³/mol. The van der Waals surface area contributed by atoms with Crippen LogP contribution in [-0.4, -0.2) is 42.8 Å². The number of rotatable bonds is 8. The first kappa shape index (κ1) is 22.7. The highest BCUT2D eigenvalue weighted by Gasteiger charge is 2.14. The molecular formula is C21H23Cl2N3O3. The maximum atomic E-state index is 12.2. The molecule has 0 fully saturated rings. The number of carbonyl (C=O) groups excluding carboxylic acids is 3. The molecule has 0 aliphatic carbocycles. The molecule has 2 rings (SSSR count). The van der Waals surface area contributed by atoms with Gasteiger partial charge in [0.1, 0.15) is 0 Å². The Morgan fingerprint density at radius 2 is 1.59 bits per heavy atom. The van der Waals surface area contributed by atoms with E-state index in [-0.39, 0.29) is 29.6 Å². The molecule has 8 heteroatoms. The van der Waals surface area contributed by atoms with Crippen molar-refractivity contribution in [2.45, 2.75) is 19.9 Å². The lowest BCUT2D eigenvalue weighted by atomic mass is 10.1. The average molecular weight is 436 g/mol. The molecule has 0 unspecified atom stereocenters. The second kappa shape index (κ2) is 10.8. The Morgan fingerprint density at radius 3 is 2.21 bits per heavy atom. The number of halogens is 2. The first-order valence-electron chi connectivity index (χ1n) is 9.12. The molecule has 154 valence electrons. The van der Waals surface area contributed by atoms with Gasteiger partial charge in [0, 0.05) is 18.6 Å². The standard InChI is InChI=1S/C21H23Cl2N3O3/c1-3-14-4-6-15(7-5-14)13-26(2)20(28)12-24-19(27)11-25-21(29)17-9-8-16(22)10-18(17)23/h4-10H,3,11-13H2,1-2H3,(H,24,27)(H,25,29). The average Bonchev–Trinajstić information content (AvgIpc) is 2.70. The monoisotopic (exact) mass is 435 g/mol. The number of amides is 3. The van der Waals surface area contributed by atoms with Crippen molar-refractivity contribution in [1.82, 2.24) is 15.5 Å². The lowest BCUT2D eigenvalue weighted by molar-refractivity contribution is -0.132. The fraction of sp³-hybridized carbons (Fsp3) is 0.286. The molecule has 2 N–H and O–H groups in total. The van der Waals surface area contributed by atoms with Gasteiger partial charge in [0.25, 0.3) is 5.91 Å². The van der Waals surface area contributed by atoms with E-state index in [9.17, 15) is 14.4 Å². The number of hydrogen-bond acceptors (Lipinski definition) is 3. The van der Waals surface area contributed by atoms with Gasteiger partial charge in [0.15, 0.2) is 0 Å². The quantitative estimate of drug-likeness (QED) is 0.668. The Balaban J connectivity index is 1.75. The van der Waals surface area contributed by atoms with Crippen LogP contribution in [0.4, 0.5) is 0 Å². The van der Waals surface area contributed by atoms with Crippen LogP contribution in [0.3, 0.4) is 0 Å². The molecule has 6 nitrogen and oxygen atoms in total. The second-order valence-electron chi connectivity index (χ2n) is 6.50. The lowest BCUT2D eigenvalue weighted by Crippen LogP contribution is -2.42. The van der Waals surface area contributed by atoms with Crippen LogP contribution in [0.5, 0.6) is 0 Å². The molecule has 0 spiro atoms. The topological polar surface area (TPSA) is 78.5 Å². The predicted octanol–water partition coefficient (Wildman–Crippen LogP) is 3.06. The fourth-order valence-corrected chi connectivity index (χ4v) is 3.04. The highest BCUT2D eigenvalue weighted by molar-refractivity contribution is 6.36. The van der Waals surface area contributed by atoms with E-state index in [1.807, 2.05) is 24.3 Å². The molecular weight excluding hydrogens is 413 g/mol. The van der Waals surface area contributed by atoms with Crippen molar-refractivity contribution in [3.05, 3.63) is 69.2 Å². The normalized spacial score (nSPS) is 10.3. The van der Waals surface area contributed by atoms with Gasteiger partial charge < -0.3 is 15.5 Å². The van der Waals surface area contributed by atoms with Crippen molar-refractivity contribution in [2.24, 2.45) is 0 Å². The third-order valence-corrected chi connectivity index (χ3v) is 4.85. The van der Waals surface area contributed by atoms with E-state index < -0.39 is 11.8 Å². The van der Waals surface area contributed by atoms with Gasteiger partial charge in [-0.05, 0) is 35.7 Å². The van der Waals surface area contributed by atoms with E-state index in [0.29, 0.717) is 11.6 Å². The van der Waals surface area contributed by atoms with Gasteiger partial charge in [-0.1, -0.05) is 54.4 Å². The minimum atomic E-state index is -0.499. The van der Waals surface area contributed by atoms with Crippen molar-refractivity contribution in [2.75, 3.05) is 20.1 Å². The summed E-state index contributed by atoms with van der Waals surface area (Å²) in [5.41, 5.74) is 2.46. The Labute approximate surface area is 180 Å². The van der Waals surface area contributed by atoms with Crippen LogP contribution in [0, 0.1) is 0 Å². The molecule has 0 bridgehead atoms. The number of nitrogens with zero attached hydrogens (tertiary/aromatic N) is 1. The van der Waals surface area contributed by atoms with Crippen LogP contribution in [0.2, 0.25) is 10.0 Å². The molecule has 0 aromatic heterocycles. The van der Waals surface area contributed by atoms with Crippen molar-refractivity contribution >= 4 is 40.9 Å². The number of aryl methyl sites for hydroxylation is 1. The minimum Gasteiger partial charge on any atom is -0.345 e. The van der Waals surface area contributed by atoms with Crippen molar-refractivity contribution in [3.63, 3.8) is 0 Å². The SMILES string of the molecule is CCc1ccc(CN(C)C(=O)CNC(=O)CNC(=O)c2ccc(Cl)cc2Cl)cc1. The maximum absolute atomic E-state index is 12.2. The number of likely N-dealkylation sites (N-methyl/N-ethyl adjacent to an activating group) is 1. The Morgan fingerprint density at radius 1 is 0.931 bits per heavy atom. The van der Waals surface area contributed by atoms with Crippen molar-refractivity contribution in [3.8, 4) is 0 Å². The largest absolute Gasteiger partial charge is 0.345 e. The van der Waals surface area contributed by atoms with Gasteiger partial charge in [0.05, 0.1) is 23.7 Å². The first-order chi connectivity index (χ1) is 13.8. The zero-order valence-corrected chi connectivity index (χ0v) is 17.8. The van der Waals surface area contributed by atoms with E-state index >= 15 is 0 Å². The summed E-state index contributed by atoms with van der Waals surface area (Å²) in [5.74, 6) is -1.21. The minimum absolute atomic E-state index is 0.153. The number of benzene rings is 2. The van der Waals surface area contributed by atoms with Crippen molar-refractivity contribution < 1.29 is 14.4 Å². The number of hydrogen-bond donors (Lipinski definition) is 2. The first-order valence-corrected chi connectivity index (χ1v) is 9.87. The summed E-state index contributed by atoms with van der Waals surface area (Å²) in [7, 11) is 1.67. The van der Waals surface area contributed by atoms with Crippen LogP contribution in [0.25, 0.3) is 0 Å². The molecule has 0 aliphatic heterocycles. The van der Waals surface area contributed by atoms with E-state index in [2.05, 4.69) is 17.6 Å². The summed E-state index contributed by atoms with van der Waals surface area (Å²) >= 11 is 11.8. The summed E-state index contributed by atoms with van der Waals surface area (Å²) in [6.45, 7) is 2.11. The third kappa shape index (κ3) is 7.07. The molecule has 2 aromatic rings.